The standard InChI is InChI=1S/C22H25NO3/c1-3-16-26-20-13-11-19(17-21(20)25-2)12-14-22(24)23-15-7-10-18-8-5-4-6-9-18/h1,4-6,8-9,11,13,17H,7,10,12,14-16H2,2H3,(H,23,24). The summed E-state index contributed by atoms with van der Waals surface area (Å²) in [4.78, 5) is 12.0. The highest BCUT2D eigenvalue weighted by molar-refractivity contribution is 5.76. The number of terminal acetylenes is 1. The fourth-order valence-corrected chi connectivity index (χ4v) is 2.62. The molecule has 0 unspecified atom stereocenters. The van der Waals surface area contributed by atoms with Gasteiger partial charge >= 0.3 is 0 Å². The number of carbonyl (C=O) groups is 1. The maximum absolute atomic E-state index is 12.0. The number of amides is 1. The normalized spacial score (nSPS) is 10.0. The van der Waals surface area contributed by atoms with Gasteiger partial charge in [0.2, 0.25) is 5.91 Å². The summed E-state index contributed by atoms with van der Waals surface area (Å²) in [6, 6.07) is 15.9. The summed E-state index contributed by atoms with van der Waals surface area (Å²) in [7, 11) is 1.58. The van der Waals surface area contributed by atoms with Crippen molar-refractivity contribution < 1.29 is 14.3 Å². The summed E-state index contributed by atoms with van der Waals surface area (Å²) in [6.07, 6.45) is 8.20. The number of carbonyl (C=O) groups excluding carboxylic acids is 1. The zero-order valence-corrected chi connectivity index (χ0v) is 15.2. The van der Waals surface area contributed by atoms with Gasteiger partial charge in [-0.2, -0.15) is 0 Å². The van der Waals surface area contributed by atoms with Crippen LogP contribution in [-0.4, -0.2) is 26.2 Å². The van der Waals surface area contributed by atoms with Crippen molar-refractivity contribution in [1.82, 2.24) is 5.32 Å². The van der Waals surface area contributed by atoms with Crippen LogP contribution in [0.15, 0.2) is 48.5 Å². The maximum atomic E-state index is 12.0. The topological polar surface area (TPSA) is 47.6 Å². The average Bonchev–Trinajstić information content (AvgIpc) is 2.69. The van der Waals surface area contributed by atoms with Gasteiger partial charge in [0.25, 0.3) is 0 Å². The second-order valence-electron chi connectivity index (χ2n) is 5.92. The number of methoxy groups -OCH3 is 1. The van der Waals surface area contributed by atoms with Crippen LogP contribution in [0.2, 0.25) is 0 Å². The van der Waals surface area contributed by atoms with E-state index in [1.807, 2.05) is 36.4 Å². The zero-order chi connectivity index (χ0) is 18.6. The Kier molecular flexibility index (Phi) is 8.08. The van der Waals surface area contributed by atoms with E-state index in [1.54, 1.807) is 7.11 Å². The third-order valence-corrected chi connectivity index (χ3v) is 3.99. The van der Waals surface area contributed by atoms with Gasteiger partial charge in [-0.05, 0) is 42.5 Å². The molecule has 0 aliphatic heterocycles. The predicted molar refractivity (Wildman–Crippen MR) is 103 cm³/mol. The fourth-order valence-electron chi connectivity index (χ4n) is 2.62. The lowest BCUT2D eigenvalue weighted by molar-refractivity contribution is -0.121. The molecular weight excluding hydrogens is 326 g/mol. The Balaban J connectivity index is 1.72. The van der Waals surface area contributed by atoms with E-state index >= 15 is 0 Å². The van der Waals surface area contributed by atoms with Gasteiger partial charge in [0, 0.05) is 13.0 Å². The average molecular weight is 351 g/mol. The van der Waals surface area contributed by atoms with E-state index in [-0.39, 0.29) is 12.5 Å². The molecule has 0 bridgehead atoms. The quantitative estimate of drug-likeness (QED) is 0.527. The fraction of sp³-hybridized carbons (Fsp3) is 0.318. The molecule has 0 fully saturated rings. The predicted octanol–water partition coefficient (Wildman–Crippen LogP) is 3.39. The van der Waals surface area contributed by atoms with Gasteiger partial charge in [-0.15, -0.1) is 6.42 Å². The summed E-state index contributed by atoms with van der Waals surface area (Å²) in [5, 5.41) is 2.97. The van der Waals surface area contributed by atoms with Crippen molar-refractivity contribution >= 4 is 5.91 Å². The molecule has 0 aliphatic carbocycles. The minimum atomic E-state index is 0.0599. The molecular formula is C22H25NO3. The van der Waals surface area contributed by atoms with E-state index in [1.165, 1.54) is 5.56 Å². The summed E-state index contributed by atoms with van der Waals surface area (Å²) < 4.78 is 10.7. The number of hydrogen-bond acceptors (Lipinski definition) is 3. The Morgan fingerprint density at radius 1 is 1.08 bits per heavy atom. The highest BCUT2D eigenvalue weighted by atomic mass is 16.5. The molecule has 0 aliphatic rings. The van der Waals surface area contributed by atoms with E-state index in [2.05, 4.69) is 23.4 Å². The Labute approximate surface area is 155 Å². The number of nitrogens with one attached hydrogen (secondary N) is 1. The summed E-state index contributed by atoms with van der Waals surface area (Å²) >= 11 is 0. The molecule has 0 aromatic heterocycles. The molecule has 4 nitrogen and oxygen atoms in total. The highest BCUT2D eigenvalue weighted by Gasteiger charge is 2.07. The Morgan fingerprint density at radius 3 is 2.62 bits per heavy atom. The number of rotatable bonds is 10. The first kappa shape index (κ1) is 19.4. The van der Waals surface area contributed by atoms with Crippen LogP contribution in [0.25, 0.3) is 0 Å². The highest BCUT2D eigenvalue weighted by Crippen LogP contribution is 2.28. The van der Waals surface area contributed by atoms with E-state index in [0.29, 0.717) is 30.9 Å². The number of hydrogen-bond donors (Lipinski definition) is 1. The molecule has 2 rings (SSSR count). The molecule has 0 saturated carbocycles. The zero-order valence-electron chi connectivity index (χ0n) is 15.2. The molecule has 0 spiro atoms. The smallest absolute Gasteiger partial charge is 0.220 e. The third-order valence-electron chi connectivity index (χ3n) is 3.99. The SMILES string of the molecule is C#CCOc1ccc(CCC(=O)NCCCc2ccccc2)cc1OC. The van der Waals surface area contributed by atoms with Crippen LogP contribution < -0.4 is 14.8 Å². The first-order valence-electron chi connectivity index (χ1n) is 8.76. The van der Waals surface area contributed by atoms with Gasteiger partial charge in [0.1, 0.15) is 6.61 Å². The first-order valence-corrected chi connectivity index (χ1v) is 8.76. The van der Waals surface area contributed by atoms with Crippen LogP contribution in [0, 0.1) is 12.3 Å². The molecule has 0 radical (unpaired) electrons. The minimum Gasteiger partial charge on any atom is -0.493 e. The first-order chi connectivity index (χ1) is 12.7. The van der Waals surface area contributed by atoms with Crippen molar-refractivity contribution in [1.29, 1.82) is 0 Å². The van der Waals surface area contributed by atoms with Crippen molar-refractivity contribution in [3.05, 3.63) is 59.7 Å². The third kappa shape index (κ3) is 6.52. The van der Waals surface area contributed by atoms with Gasteiger partial charge in [-0.25, -0.2) is 0 Å². The van der Waals surface area contributed by atoms with Gasteiger partial charge in [0.15, 0.2) is 11.5 Å². The van der Waals surface area contributed by atoms with Crippen molar-refractivity contribution in [3.63, 3.8) is 0 Å². The van der Waals surface area contributed by atoms with Crippen molar-refractivity contribution in [2.75, 3.05) is 20.3 Å². The summed E-state index contributed by atoms with van der Waals surface area (Å²) in [5.41, 5.74) is 2.32. The Morgan fingerprint density at radius 2 is 1.88 bits per heavy atom. The van der Waals surface area contributed by atoms with Crippen LogP contribution in [0.5, 0.6) is 11.5 Å². The molecule has 136 valence electrons. The van der Waals surface area contributed by atoms with E-state index in [9.17, 15) is 4.79 Å². The Hall–Kier alpha value is -2.93. The molecule has 2 aromatic carbocycles. The molecule has 26 heavy (non-hydrogen) atoms. The van der Waals surface area contributed by atoms with E-state index < -0.39 is 0 Å². The number of benzene rings is 2. The minimum absolute atomic E-state index is 0.0599. The monoisotopic (exact) mass is 351 g/mol. The Bertz CT molecular complexity index is 735. The lowest BCUT2D eigenvalue weighted by atomic mass is 10.1. The van der Waals surface area contributed by atoms with Gasteiger partial charge in [-0.1, -0.05) is 42.3 Å². The summed E-state index contributed by atoms with van der Waals surface area (Å²) in [5.74, 6) is 3.72. The van der Waals surface area contributed by atoms with Crippen LogP contribution in [0.3, 0.4) is 0 Å². The van der Waals surface area contributed by atoms with E-state index in [4.69, 9.17) is 15.9 Å². The van der Waals surface area contributed by atoms with Gasteiger partial charge in [-0.3, -0.25) is 4.79 Å². The van der Waals surface area contributed by atoms with Crippen molar-refractivity contribution in [2.24, 2.45) is 0 Å². The summed E-state index contributed by atoms with van der Waals surface area (Å²) in [6.45, 7) is 0.886. The van der Waals surface area contributed by atoms with Crippen molar-refractivity contribution in [3.8, 4) is 23.8 Å². The lowest BCUT2D eigenvalue weighted by Gasteiger charge is -2.11. The molecule has 2 aromatic rings. The number of aryl methyl sites for hydroxylation is 2. The molecule has 0 atom stereocenters. The van der Waals surface area contributed by atoms with Crippen LogP contribution in [-0.2, 0) is 17.6 Å². The van der Waals surface area contributed by atoms with E-state index in [0.717, 1.165) is 18.4 Å². The second-order valence-corrected chi connectivity index (χ2v) is 5.92. The lowest BCUT2D eigenvalue weighted by Crippen LogP contribution is -2.24. The molecule has 4 heteroatoms. The van der Waals surface area contributed by atoms with Crippen LogP contribution in [0.1, 0.15) is 24.0 Å². The van der Waals surface area contributed by atoms with Crippen molar-refractivity contribution in [2.45, 2.75) is 25.7 Å². The van der Waals surface area contributed by atoms with Gasteiger partial charge < -0.3 is 14.8 Å². The molecule has 1 amide bonds. The van der Waals surface area contributed by atoms with Crippen LogP contribution in [0.4, 0.5) is 0 Å². The van der Waals surface area contributed by atoms with Crippen LogP contribution >= 0.6 is 0 Å². The molecule has 1 N–H and O–H groups in total. The maximum Gasteiger partial charge on any atom is 0.220 e. The second kappa shape index (κ2) is 10.8. The molecule has 0 saturated heterocycles. The van der Waals surface area contributed by atoms with Gasteiger partial charge in [0.05, 0.1) is 7.11 Å². The number of ether oxygens (including phenoxy) is 2. The molecule has 0 heterocycles. The largest absolute Gasteiger partial charge is 0.493 e.